The number of hydrogen-bond acceptors (Lipinski definition) is 5. The van der Waals surface area contributed by atoms with Gasteiger partial charge in [-0.25, -0.2) is 4.79 Å². The maximum Gasteiger partial charge on any atom is 0.328 e. The molecule has 0 aromatic heterocycles. The van der Waals surface area contributed by atoms with Crippen LogP contribution in [0.15, 0.2) is 24.3 Å². The summed E-state index contributed by atoms with van der Waals surface area (Å²) in [5, 5.41) is 2.60. The van der Waals surface area contributed by atoms with E-state index in [0.717, 1.165) is 44.9 Å². The van der Waals surface area contributed by atoms with Gasteiger partial charge in [-0.2, -0.15) is 0 Å². The molecule has 1 amide bonds. The van der Waals surface area contributed by atoms with Crippen LogP contribution in [0.5, 0.6) is 0 Å². The van der Waals surface area contributed by atoms with Crippen molar-refractivity contribution in [1.29, 1.82) is 0 Å². The van der Waals surface area contributed by atoms with Gasteiger partial charge in [0.2, 0.25) is 6.41 Å². The molecule has 37 heavy (non-hydrogen) atoms. The molecule has 1 aliphatic heterocycles. The molecule has 1 N–H and O–H groups in total. The average molecular weight is 520 g/mol. The van der Waals surface area contributed by atoms with Gasteiger partial charge < -0.3 is 14.8 Å². The number of carbonyl (C=O) groups excluding carboxylic acids is 3. The number of carbonyl (C=O) groups is 3. The zero-order chi connectivity index (χ0) is 27.3. The molecule has 0 bridgehead atoms. The number of unbranched alkanes of at least 4 members (excludes halogenated alkanes) is 8. The molecule has 6 nitrogen and oxygen atoms in total. The van der Waals surface area contributed by atoms with E-state index in [-0.39, 0.29) is 30.0 Å². The Bertz CT molecular complexity index is 687. The highest BCUT2D eigenvalue weighted by molar-refractivity contribution is 5.79. The number of rotatable bonds is 23. The fraction of sp³-hybridized carbons (Fsp3) is 0.774. The lowest BCUT2D eigenvalue weighted by Crippen LogP contribution is -2.47. The highest BCUT2D eigenvalue weighted by atomic mass is 16.6. The molecule has 0 radical (unpaired) electrons. The SMILES string of the molecule is CCCCC/C=C\C/C=C\CCCCCCCC(C[C@@H]1OC(=O)[C@@H]1CC)OC(=O)[C@H](CC(C)C)NC=O. The second-order valence-corrected chi connectivity index (χ2v) is 10.8. The fourth-order valence-electron chi connectivity index (χ4n) is 4.74. The third-order valence-corrected chi connectivity index (χ3v) is 6.97. The number of hydrogen-bond donors (Lipinski definition) is 1. The lowest BCUT2D eigenvalue weighted by molar-refractivity contribution is -0.190. The van der Waals surface area contributed by atoms with Gasteiger partial charge in [-0.05, 0) is 63.7 Å². The quantitative estimate of drug-likeness (QED) is 0.0667. The molecule has 0 saturated carbocycles. The minimum absolute atomic E-state index is 0.106. The monoisotopic (exact) mass is 519 g/mol. The van der Waals surface area contributed by atoms with Gasteiger partial charge in [-0.3, -0.25) is 9.59 Å². The zero-order valence-electron chi connectivity index (χ0n) is 23.9. The van der Waals surface area contributed by atoms with Crippen LogP contribution < -0.4 is 5.32 Å². The maximum absolute atomic E-state index is 12.8. The van der Waals surface area contributed by atoms with Crippen LogP contribution in [0.2, 0.25) is 0 Å². The van der Waals surface area contributed by atoms with Crippen LogP contribution in [0.1, 0.15) is 124 Å². The first-order valence-corrected chi connectivity index (χ1v) is 14.8. The van der Waals surface area contributed by atoms with Crippen LogP contribution in [0.25, 0.3) is 0 Å². The Balaban J connectivity index is 2.35. The first-order valence-electron chi connectivity index (χ1n) is 14.8. The second-order valence-electron chi connectivity index (χ2n) is 10.8. The molecule has 0 aromatic carbocycles. The van der Waals surface area contributed by atoms with Gasteiger partial charge in [-0.15, -0.1) is 0 Å². The van der Waals surface area contributed by atoms with E-state index in [1.807, 2.05) is 20.8 Å². The first kappa shape index (κ1) is 32.9. The summed E-state index contributed by atoms with van der Waals surface area (Å²) in [7, 11) is 0. The van der Waals surface area contributed by atoms with Gasteiger partial charge in [0.25, 0.3) is 0 Å². The van der Waals surface area contributed by atoms with Crippen molar-refractivity contribution in [3.63, 3.8) is 0 Å². The minimum Gasteiger partial charge on any atom is -0.461 e. The molecule has 1 heterocycles. The van der Waals surface area contributed by atoms with Crippen molar-refractivity contribution in [2.45, 2.75) is 142 Å². The summed E-state index contributed by atoms with van der Waals surface area (Å²) in [5.74, 6) is -0.408. The number of amides is 1. The fourth-order valence-corrected chi connectivity index (χ4v) is 4.74. The molecule has 0 aliphatic carbocycles. The number of nitrogens with one attached hydrogen (secondary N) is 1. The summed E-state index contributed by atoms with van der Waals surface area (Å²) in [5.41, 5.74) is 0. The van der Waals surface area contributed by atoms with E-state index in [4.69, 9.17) is 9.47 Å². The van der Waals surface area contributed by atoms with E-state index < -0.39 is 12.0 Å². The van der Waals surface area contributed by atoms with E-state index in [9.17, 15) is 14.4 Å². The number of ether oxygens (including phenoxy) is 2. The molecule has 6 heteroatoms. The number of cyclic esters (lactones) is 1. The minimum atomic E-state index is -0.643. The van der Waals surface area contributed by atoms with E-state index in [0.29, 0.717) is 19.3 Å². The molecule has 1 rings (SSSR count). The molecule has 0 aromatic rings. The van der Waals surface area contributed by atoms with Gasteiger partial charge in [0.1, 0.15) is 18.2 Å². The summed E-state index contributed by atoms with van der Waals surface area (Å²) in [6, 6.07) is -0.643. The number of allylic oxidation sites excluding steroid dienone is 4. The van der Waals surface area contributed by atoms with E-state index in [1.54, 1.807) is 0 Å². The van der Waals surface area contributed by atoms with Crippen molar-refractivity contribution < 1.29 is 23.9 Å². The Morgan fingerprint density at radius 3 is 2.22 bits per heavy atom. The normalized spacial score (nSPS) is 19.1. The molecule has 1 saturated heterocycles. The topological polar surface area (TPSA) is 81.7 Å². The van der Waals surface area contributed by atoms with Gasteiger partial charge in [-0.1, -0.05) is 84.1 Å². The van der Waals surface area contributed by atoms with E-state index >= 15 is 0 Å². The van der Waals surface area contributed by atoms with Gasteiger partial charge >= 0.3 is 11.9 Å². The average Bonchev–Trinajstić information content (AvgIpc) is 2.85. The van der Waals surface area contributed by atoms with Gasteiger partial charge in [0.05, 0.1) is 5.92 Å². The molecular formula is C31H53NO5. The van der Waals surface area contributed by atoms with Crippen LogP contribution in [0, 0.1) is 11.8 Å². The molecule has 212 valence electrons. The van der Waals surface area contributed by atoms with E-state index in [2.05, 4.69) is 36.5 Å². The molecule has 1 unspecified atom stereocenters. The van der Waals surface area contributed by atoms with Crippen molar-refractivity contribution >= 4 is 18.3 Å². The highest BCUT2D eigenvalue weighted by Crippen LogP contribution is 2.31. The van der Waals surface area contributed by atoms with Gasteiger partial charge in [0.15, 0.2) is 0 Å². The second kappa shape index (κ2) is 20.9. The molecule has 0 spiro atoms. The van der Waals surface area contributed by atoms with Crippen molar-refractivity contribution in [3.8, 4) is 0 Å². The van der Waals surface area contributed by atoms with Crippen LogP contribution in [-0.2, 0) is 23.9 Å². The maximum atomic E-state index is 12.8. The van der Waals surface area contributed by atoms with Crippen molar-refractivity contribution in [2.24, 2.45) is 11.8 Å². The predicted octanol–water partition coefficient (Wildman–Crippen LogP) is 7.21. The van der Waals surface area contributed by atoms with E-state index in [1.165, 1.54) is 38.5 Å². The summed E-state index contributed by atoms with van der Waals surface area (Å²) in [6.45, 7) is 8.22. The molecule has 1 fully saturated rings. The Morgan fingerprint density at radius 2 is 1.62 bits per heavy atom. The molecule has 1 aliphatic rings. The number of esters is 2. The summed E-state index contributed by atoms with van der Waals surface area (Å²) < 4.78 is 11.2. The first-order chi connectivity index (χ1) is 17.9. The van der Waals surface area contributed by atoms with Crippen LogP contribution in [0.3, 0.4) is 0 Å². The lowest BCUT2D eigenvalue weighted by Gasteiger charge is -2.36. The van der Waals surface area contributed by atoms with Crippen molar-refractivity contribution in [1.82, 2.24) is 5.32 Å². The summed E-state index contributed by atoms with van der Waals surface area (Å²) >= 11 is 0. The third kappa shape index (κ3) is 15.0. The third-order valence-electron chi connectivity index (χ3n) is 6.97. The molecular weight excluding hydrogens is 466 g/mol. The van der Waals surface area contributed by atoms with Crippen LogP contribution in [0.4, 0.5) is 0 Å². The van der Waals surface area contributed by atoms with Crippen molar-refractivity contribution in [3.05, 3.63) is 24.3 Å². The summed E-state index contributed by atoms with van der Waals surface area (Å²) in [4.78, 5) is 35.5. The molecule has 4 atom stereocenters. The Kier molecular flexibility index (Phi) is 18.6. The highest BCUT2D eigenvalue weighted by Gasteiger charge is 2.42. The van der Waals surface area contributed by atoms with Crippen LogP contribution in [-0.4, -0.2) is 36.6 Å². The predicted molar refractivity (Wildman–Crippen MR) is 150 cm³/mol. The Hall–Kier alpha value is -2.11. The smallest absolute Gasteiger partial charge is 0.328 e. The van der Waals surface area contributed by atoms with Crippen LogP contribution >= 0.6 is 0 Å². The summed E-state index contributed by atoms with van der Waals surface area (Å²) in [6.07, 6.45) is 24.6. The van der Waals surface area contributed by atoms with Gasteiger partial charge in [0, 0.05) is 6.42 Å². The lowest BCUT2D eigenvalue weighted by atomic mass is 9.89. The Morgan fingerprint density at radius 1 is 0.973 bits per heavy atom. The Labute approximate surface area is 226 Å². The zero-order valence-corrected chi connectivity index (χ0v) is 23.9. The standard InChI is InChI=1S/C31H53NO5/c1-5-7-8-9-10-11-12-13-14-15-16-17-18-19-20-21-26(23-29-27(6-2)30(34)37-29)36-31(35)28(32-24-33)22-25(3)4/h10-11,13-14,24-29H,5-9,12,15-23H2,1-4H3,(H,32,33)/b11-10-,14-13-/t26?,27-,28+,29+/m1/s1. The van der Waals surface area contributed by atoms with Crippen molar-refractivity contribution in [2.75, 3.05) is 0 Å². The largest absolute Gasteiger partial charge is 0.461 e.